The number of nitro benzene ring substituents is 1. The number of nitrogens with two attached hydrogens (primary N) is 1. The smallest absolute Gasteiger partial charge is 0.338 e. The Morgan fingerprint density at radius 3 is 2.30 bits per heavy atom. The van der Waals surface area contributed by atoms with E-state index in [9.17, 15) is 24.5 Å². The first-order valence-corrected chi connectivity index (χ1v) is 14.8. The number of non-ortho nitro benzene ring substituents is 1. The number of amides is 1. The summed E-state index contributed by atoms with van der Waals surface area (Å²) in [5, 5.41) is 17.5. The van der Waals surface area contributed by atoms with Gasteiger partial charge in [-0.25, -0.2) is 9.78 Å². The summed E-state index contributed by atoms with van der Waals surface area (Å²) in [6.07, 6.45) is 1.31. The Balaban J connectivity index is 1.82. The summed E-state index contributed by atoms with van der Waals surface area (Å²) in [5.41, 5.74) is 6.69. The van der Waals surface area contributed by atoms with Crippen LogP contribution in [0, 0.1) is 10.1 Å². The summed E-state index contributed by atoms with van der Waals surface area (Å²) in [6.45, 7) is 8.53. The molecule has 1 amide bonds. The topological polar surface area (TPSA) is 199 Å². The van der Waals surface area contributed by atoms with Crippen LogP contribution in [0.25, 0.3) is 17.0 Å². The molecule has 0 unspecified atom stereocenters. The monoisotopic (exact) mass is 652 g/mol. The molecular formula is C32H40N6O9. The molecule has 0 radical (unpaired) electrons. The highest BCUT2D eigenvalue weighted by Gasteiger charge is 2.21. The number of carbonyl (C=O) groups excluding carboxylic acids is 2. The maximum Gasteiger partial charge on any atom is 0.338 e. The van der Waals surface area contributed by atoms with Gasteiger partial charge in [-0.15, -0.1) is 0 Å². The van der Waals surface area contributed by atoms with Crippen LogP contribution in [0.4, 0.5) is 11.5 Å². The van der Waals surface area contributed by atoms with Crippen molar-refractivity contribution in [2.45, 2.75) is 33.0 Å². The third-order valence-corrected chi connectivity index (χ3v) is 6.52. The molecule has 0 bridgehead atoms. The van der Waals surface area contributed by atoms with Gasteiger partial charge in [0, 0.05) is 43.1 Å². The molecule has 2 aromatic carbocycles. The van der Waals surface area contributed by atoms with Gasteiger partial charge in [-0.1, -0.05) is 30.8 Å². The van der Waals surface area contributed by atoms with Crippen molar-refractivity contribution in [1.29, 1.82) is 0 Å². The molecule has 252 valence electrons. The maximum atomic E-state index is 13.5. The normalized spacial score (nSPS) is 10.9. The molecule has 0 saturated carbocycles. The maximum absolute atomic E-state index is 13.5. The fraction of sp³-hybridized carbons (Fsp3) is 0.375. The van der Waals surface area contributed by atoms with Crippen LogP contribution in [0.5, 0.6) is 0 Å². The van der Waals surface area contributed by atoms with Crippen molar-refractivity contribution in [3.8, 4) is 11.3 Å². The number of benzene rings is 2. The van der Waals surface area contributed by atoms with Crippen LogP contribution in [-0.4, -0.2) is 79.1 Å². The van der Waals surface area contributed by atoms with Gasteiger partial charge in [0.2, 0.25) is 5.91 Å². The second-order valence-corrected chi connectivity index (χ2v) is 10.6. The standard InChI is InChI=1S/C32H40N6O9/c1-21(2)36-30-31(40)37(20-29(39)34-18-23-5-7-24(8-6-23)22(3)33)28(19-35-30)25-15-26(17-27(16-25)38(42)43)32(41)47-14-13-46-12-11-45-10-9-44-4/h5-8,15-17,19,21H,3,9-14,18,20,33H2,1-2,4H3,(H,34,39)(H,35,36). The number of rotatable bonds is 19. The van der Waals surface area contributed by atoms with E-state index in [0.717, 1.165) is 21.8 Å². The van der Waals surface area contributed by atoms with Crippen molar-refractivity contribution in [1.82, 2.24) is 14.9 Å². The molecule has 0 aliphatic carbocycles. The Morgan fingerprint density at radius 1 is 1.02 bits per heavy atom. The number of hydrogen-bond acceptors (Lipinski definition) is 12. The Kier molecular flexibility index (Phi) is 14.0. The van der Waals surface area contributed by atoms with Gasteiger partial charge in [-0.3, -0.25) is 24.3 Å². The summed E-state index contributed by atoms with van der Waals surface area (Å²) in [5.74, 6) is -1.35. The third kappa shape index (κ3) is 11.3. The van der Waals surface area contributed by atoms with E-state index in [1.807, 2.05) is 13.8 Å². The van der Waals surface area contributed by atoms with Crippen molar-refractivity contribution >= 4 is 29.1 Å². The van der Waals surface area contributed by atoms with Gasteiger partial charge < -0.3 is 35.3 Å². The first kappa shape index (κ1) is 36.3. The van der Waals surface area contributed by atoms with Gasteiger partial charge in [0.25, 0.3) is 11.2 Å². The number of esters is 1. The zero-order valence-electron chi connectivity index (χ0n) is 26.7. The fourth-order valence-electron chi connectivity index (χ4n) is 4.21. The molecule has 0 spiro atoms. The van der Waals surface area contributed by atoms with Crippen molar-refractivity contribution in [2.24, 2.45) is 5.73 Å². The van der Waals surface area contributed by atoms with Crippen LogP contribution in [0.3, 0.4) is 0 Å². The molecule has 47 heavy (non-hydrogen) atoms. The van der Waals surface area contributed by atoms with Crippen LogP contribution >= 0.6 is 0 Å². The van der Waals surface area contributed by atoms with Gasteiger partial charge in [-0.2, -0.15) is 0 Å². The lowest BCUT2D eigenvalue weighted by molar-refractivity contribution is -0.384. The summed E-state index contributed by atoms with van der Waals surface area (Å²) < 4.78 is 21.9. The SMILES string of the molecule is C=C(N)c1ccc(CNC(=O)Cn2c(-c3cc(C(=O)OCCOCCOCCOC)cc([N+](=O)[O-])c3)cnc(NC(C)C)c2=O)cc1. The summed E-state index contributed by atoms with van der Waals surface area (Å²) >= 11 is 0. The number of anilines is 1. The average Bonchev–Trinajstić information content (AvgIpc) is 3.04. The summed E-state index contributed by atoms with van der Waals surface area (Å²) in [7, 11) is 1.57. The first-order chi connectivity index (χ1) is 22.5. The molecular weight excluding hydrogens is 612 g/mol. The number of ether oxygens (including phenoxy) is 4. The third-order valence-electron chi connectivity index (χ3n) is 6.52. The molecule has 15 nitrogen and oxygen atoms in total. The number of nitrogens with zero attached hydrogens (tertiary/aromatic N) is 3. The van der Waals surface area contributed by atoms with Crippen LogP contribution in [0.1, 0.15) is 35.3 Å². The zero-order valence-corrected chi connectivity index (χ0v) is 26.7. The molecule has 4 N–H and O–H groups in total. The first-order valence-electron chi connectivity index (χ1n) is 14.8. The molecule has 3 rings (SSSR count). The molecule has 0 saturated heterocycles. The van der Waals surface area contributed by atoms with E-state index in [1.54, 1.807) is 31.4 Å². The molecule has 1 aromatic heterocycles. The van der Waals surface area contributed by atoms with Crippen molar-refractivity contribution < 1.29 is 33.5 Å². The van der Waals surface area contributed by atoms with E-state index < -0.39 is 34.6 Å². The Morgan fingerprint density at radius 2 is 1.68 bits per heavy atom. The molecule has 0 aliphatic heterocycles. The van der Waals surface area contributed by atoms with Crippen molar-refractivity contribution in [2.75, 3.05) is 52.1 Å². The van der Waals surface area contributed by atoms with E-state index in [1.165, 1.54) is 18.3 Å². The largest absolute Gasteiger partial charge is 0.460 e. The van der Waals surface area contributed by atoms with Crippen LogP contribution < -0.4 is 21.9 Å². The molecule has 15 heteroatoms. The number of nitro groups is 1. The van der Waals surface area contributed by atoms with Crippen LogP contribution in [0.15, 0.2) is 60.0 Å². The lowest BCUT2D eigenvalue weighted by Crippen LogP contribution is -2.35. The van der Waals surface area contributed by atoms with Crippen molar-refractivity contribution in [3.05, 3.63) is 92.4 Å². The Labute approximate surface area is 271 Å². The second-order valence-electron chi connectivity index (χ2n) is 10.6. The van der Waals surface area contributed by atoms with Gasteiger partial charge in [0.1, 0.15) is 13.2 Å². The molecule has 0 atom stereocenters. The minimum Gasteiger partial charge on any atom is -0.460 e. The average molecular weight is 653 g/mol. The lowest BCUT2D eigenvalue weighted by Gasteiger charge is -2.16. The predicted molar refractivity (Wildman–Crippen MR) is 175 cm³/mol. The van der Waals surface area contributed by atoms with Crippen molar-refractivity contribution in [3.63, 3.8) is 0 Å². The number of methoxy groups -OCH3 is 1. The summed E-state index contributed by atoms with van der Waals surface area (Å²) in [4.78, 5) is 54.9. The van der Waals surface area contributed by atoms with Gasteiger partial charge in [-0.05, 0) is 31.0 Å². The number of hydrogen-bond donors (Lipinski definition) is 3. The number of carbonyl (C=O) groups is 2. The fourth-order valence-corrected chi connectivity index (χ4v) is 4.21. The minimum atomic E-state index is -0.836. The lowest BCUT2D eigenvalue weighted by atomic mass is 10.1. The highest BCUT2D eigenvalue weighted by molar-refractivity contribution is 5.92. The van der Waals surface area contributed by atoms with E-state index in [-0.39, 0.29) is 55.0 Å². The van der Waals surface area contributed by atoms with E-state index in [2.05, 4.69) is 22.2 Å². The zero-order chi connectivity index (χ0) is 34.3. The van der Waals surface area contributed by atoms with Crippen LogP contribution in [-0.2, 0) is 36.8 Å². The summed E-state index contributed by atoms with van der Waals surface area (Å²) in [6, 6.07) is 10.6. The Hall–Kier alpha value is -5.12. The van der Waals surface area contributed by atoms with Crippen LogP contribution in [0.2, 0.25) is 0 Å². The van der Waals surface area contributed by atoms with E-state index in [4.69, 9.17) is 24.7 Å². The number of aromatic nitrogens is 2. The number of nitrogens with one attached hydrogen (secondary N) is 2. The highest BCUT2D eigenvalue weighted by Crippen LogP contribution is 2.26. The molecule has 0 fully saturated rings. The molecule has 1 heterocycles. The van der Waals surface area contributed by atoms with Gasteiger partial charge in [0.05, 0.1) is 55.4 Å². The second kappa shape index (κ2) is 18.1. The van der Waals surface area contributed by atoms with Gasteiger partial charge in [0.15, 0.2) is 5.82 Å². The minimum absolute atomic E-state index is 0.0108. The quantitative estimate of drug-likeness (QED) is 0.0742. The molecule has 0 aliphatic rings. The van der Waals surface area contributed by atoms with E-state index >= 15 is 0 Å². The van der Waals surface area contributed by atoms with Gasteiger partial charge >= 0.3 is 5.97 Å². The van der Waals surface area contributed by atoms with E-state index in [0.29, 0.717) is 25.5 Å². The Bertz CT molecular complexity index is 1610. The highest BCUT2D eigenvalue weighted by atomic mass is 16.6. The predicted octanol–water partition coefficient (Wildman–Crippen LogP) is 2.72. The molecule has 3 aromatic rings.